The molecule has 78 valence electrons. The monoisotopic (exact) mass is 262 g/mol. The Kier molecular flexibility index (Phi) is 3.14. The fraction of sp³-hybridized carbons (Fsp3) is 0.333. The maximum atomic E-state index is 13.2. The molecule has 0 radical (unpaired) electrons. The van der Waals surface area contributed by atoms with Gasteiger partial charge in [0.05, 0.1) is 17.8 Å². The van der Waals surface area contributed by atoms with Crippen molar-refractivity contribution in [2.24, 2.45) is 5.73 Å². The second-order valence-electron chi connectivity index (χ2n) is 3.43. The van der Waals surface area contributed by atoms with E-state index in [4.69, 9.17) is 16.6 Å². The summed E-state index contributed by atoms with van der Waals surface area (Å²) in [6.45, 7) is 1.35. The first kappa shape index (κ1) is 11.4. The van der Waals surface area contributed by atoms with Gasteiger partial charge >= 0.3 is 0 Å². The van der Waals surface area contributed by atoms with Crippen LogP contribution in [-0.2, 0) is 5.54 Å². The lowest BCUT2D eigenvalue weighted by Gasteiger charge is -2.23. The van der Waals surface area contributed by atoms with E-state index in [-0.39, 0.29) is 12.3 Å². The van der Waals surface area contributed by atoms with E-state index in [0.717, 1.165) is 0 Å². The van der Waals surface area contributed by atoms with Crippen molar-refractivity contribution in [3.63, 3.8) is 0 Å². The Morgan fingerprint density at radius 1 is 1.57 bits per heavy atom. The number of anilines is 1. The van der Waals surface area contributed by atoms with Crippen LogP contribution in [0.4, 0.5) is 10.1 Å². The highest BCUT2D eigenvalue weighted by Gasteiger charge is 2.22. The Bertz CT molecular complexity index is 332. The van der Waals surface area contributed by atoms with Gasteiger partial charge in [-0.05, 0) is 40.5 Å². The molecule has 0 saturated carbocycles. The number of halogens is 2. The molecule has 0 aliphatic heterocycles. The van der Waals surface area contributed by atoms with Crippen molar-refractivity contribution in [2.45, 2.75) is 12.5 Å². The maximum Gasteiger partial charge on any atom is 0.147 e. The summed E-state index contributed by atoms with van der Waals surface area (Å²) >= 11 is 3.12. The van der Waals surface area contributed by atoms with Crippen molar-refractivity contribution in [1.82, 2.24) is 0 Å². The van der Waals surface area contributed by atoms with Gasteiger partial charge in [-0.25, -0.2) is 4.39 Å². The number of benzene rings is 1. The van der Waals surface area contributed by atoms with Crippen LogP contribution in [0, 0.1) is 5.82 Å². The highest BCUT2D eigenvalue weighted by atomic mass is 79.9. The number of aliphatic hydroxyl groups is 1. The minimum Gasteiger partial charge on any atom is -0.395 e. The average Bonchev–Trinajstić information content (AvgIpc) is 2.13. The van der Waals surface area contributed by atoms with Crippen LogP contribution in [0.2, 0.25) is 0 Å². The molecule has 1 aromatic rings. The summed E-state index contributed by atoms with van der Waals surface area (Å²) < 4.78 is 13.7. The summed E-state index contributed by atoms with van der Waals surface area (Å²) in [5, 5.41) is 9.00. The molecule has 5 N–H and O–H groups in total. The van der Waals surface area contributed by atoms with Gasteiger partial charge in [-0.15, -0.1) is 0 Å². The van der Waals surface area contributed by atoms with Crippen molar-refractivity contribution < 1.29 is 9.50 Å². The molecule has 0 amide bonds. The third kappa shape index (κ3) is 2.05. The maximum absolute atomic E-state index is 13.2. The minimum atomic E-state index is -0.961. The van der Waals surface area contributed by atoms with Gasteiger partial charge in [-0.3, -0.25) is 0 Å². The fourth-order valence-corrected chi connectivity index (χ4v) is 1.44. The fourth-order valence-electron chi connectivity index (χ4n) is 1.01. The number of hydrogen-bond donors (Lipinski definition) is 3. The number of hydrogen-bond acceptors (Lipinski definition) is 3. The quantitative estimate of drug-likeness (QED) is 0.705. The van der Waals surface area contributed by atoms with Gasteiger partial charge in [0.15, 0.2) is 0 Å². The third-order valence-electron chi connectivity index (χ3n) is 2.07. The van der Waals surface area contributed by atoms with E-state index in [1.165, 1.54) is 6.07 Å². The molecule has 0 spiro atoms. The molecule has 1 rings (SSSR count). The van der Waals surface area contributed by atoms with Crippen LogP contribution in [0.3, 0.4) is 0 Å². The van der Waals surface area contributed by atoms with Crippen LogP contribution in [0.1, 0.15) is 12.5 Å². The topological polar surface area (TPSA) is 72.3 Å². The van der Waals surface area contributed by atoms with Crippen LogP contribution in [0.25, 0.3) is 0 Å². The van der Waals surface area contributed by atoms with Gasteiger partial charge in [-0.2, -0.15) is 0 Å². The van der Waals surface area contributed by atoms with Gasteiger partial charge in [0.1, 0.15) is 5.82 Å². The highest BCUT2D eigenvalue weighted by Crippen LogP contribution is 2.28. The van der Waals surface area contributed by atoms with E-state index in [2.05, 4.69) is 15.9 Å². The Hall–Kier alpha value is -0.650. The number of aliphatic hydroxyl groups excluding tert-OH is 1. The second kappa shape index (κ2) is 3.84. The molecule has 3 nitrogen and oxygen atoms in total. The summed E-state index contributed by atoms with van der Waals surface area (Å²) in [6, 6.07) is 2.84. The Morgan fingerprint density at radius 2 is 2.14 bits per heavy atom. The largest absolute Gasteiger partial charge is 0.395 e. The normalized spacial score (nSPS) is 15.2. The van der Waals surface area contributed by atoms with E-state index < -0.39 is 11.4 Å². The van der Waals surface area contributed by atoms with Gasteiger partial charge < -0.3 is 16.6 Å². The SMILES string of the molecule is C[C@](N)(CO)c1cc(F)c(N)c(Br)c1. The third-order valence-corrected chi connectivity index (χ3v) is 2.72. The van der Waals surface area contributed by atoms with Crippen molar-refractivity contribution in [1.29, 1.82) is 0 Å². The standard InChI is InChI=1S/C9H12BrFN2O/c1-9(13,4-14)5-2-6(10)8(12)7(11)3-5/h2-3,14H,4,12-13H2,1H3/t9-/m0/s1. The van der Waals surface area contributed by atoms with E-state index >= 15 is 0 Å². The van der Waals surface area contributed by atoms with E-state index in [9.17, 15) is 4.39 Å². The molecule has 0 saturated heterocycles. The van der Waals surface area contributed by atoms with Crippen molar-refractivity contribution >= 4 is 21.6 Å². The minimum absolute atomic E-state index is 0.0440. The van der Waals surface area contributed by atoms with E-state index in [0.29, 0.717) is 10.0 Å². The molecule has 0 fully saturated rings. The van der Waals surface area contributed by atoms with Crippen molar-refractivity contribution in [3.05, 3.63) is 28.0 Å². The predicted molar refractivity (Wildman–Crippen MR) is 57.1 cm³/mol. The number of nitrogens with two attached hydrogens (primary N) is 2. The van der Waals surface area contributed by atoms with Gasteiger partial charge in [0.2, 0.25) is 0 Å². The molecule has 5 heteroatoms. The average molecular weight is 263 g/mol. The first-order valence-electron chi connectivity index (χ1n) is 4.03. The van der Waals surface area contributed by atoms with Gasteiger partial charge in [0, 0.05) is 4.47 Å². The molecular weight excluding hydrogens is 251 g/mol. The van der Waals surface area contributed by atoms with Crippen molar-refractivity contribution in [3.8, 4) is 0 Å². The lowest BCUT2D eigenvalue weighted by atomic mass is 9.94. The first-order chi connectivity index (χ1) is 6.38. The summed E-state index contributed by atoms with van der Waals surface area (Å²) in [7, 11) is 0. The number of rotatable bonds is 2. The molecule has 0 heterocycles. The van der Waals surface area contributed by atoms with Crippen LogP contribution >= 0.6 is 15.9 Å². The summed E-state index contributed by atoms with van der Waals surface area (Å²) in [5.41, 5.74) is 10.7. The highest BCUT2D eigenvalue weighted by molar-refractivity contribution is 9.10. The summed E-state index contributed by atoms with van der Waals surface area (Å²) in [4.78, 5) is 0. The molecule has 0 bridgehead atoms. The molecule has 0 aromatic heterocycles. The molecule has 0 aliphatic carbocycles. The molecular formula is C9H12BrFN2O. The molecule has 1 atom stereocenters. The Labute approximate surface area is 90.0 Å². The Morgan fingerprint density at radius 3 is 2.57 bits per heavy atom. The molecule has 0 unspecified atom stereocenters. The second-order valence-corrected chi connectivity index (χ2v) is 4.28. The molecule has 1 aromatic carbocycles. The van der Waals surface area contributed by atoms with Crippen LogP contribution in [0.15, 0.2) is 16.6 Å². The molecule has 14 heavy (non-hydrogen) atoms. The lowest BCUT2D eigenvalue weighted by Crippen LogP contribution is -2.37. The van der Waals surface area contributed by atoms with E-state index in [1.54, 1.807) is 13.0 Å². The zero-order valence-electron chi connectivity index (χ0n) is 7.72. The van der Waals surface area contributed by atoms with Crippen LogP contribution < -0.4 is 11.5 Å². The first-order valence-corrected chi connectivity index (χ1v) is 4.82. The Balaban J connectivity index is 3.26. The summed E-state index contributed by atoms with van der Waals surface area (Å²) in [5.74, 6) is -0.542. The molecule has 0 aliphatic rings. The predicted octanol–water partition coefficient (Wildman–Crippen LogP) is 1.34. The van der Waals surface area contributed by atoms with Crippen molar-refractivity contribution in [2.75, 3.05) is 12.3 Å². The van der Waals surface area contributed by atoms with E-state index in [1.807, 2.05) is 0 Å². The smallest absolute Gasteiger partial charge is 0.147 e. The van der Waals surface area contributed by atoms with Gasteiger partial charge in [-0.1, -0.05) is 0 Å². The summed E-state index contributed by atoms with van der Waals surface area (Å²) in [6.07, 6.45) is 0. The zero-order chi connectivity index (χ0) is 10.9. The van der Waals surface area contributed by atoms with Crippen LogP contribution in [0.5, 0.6) is 0 Å². The lowest BCUT2D eigenvalue weighted by molar-refractivity contribution is 0.209. The van der Waals surface area contributed by atoms with Crippen LogP contribution in [-0.4, -0.2) is 11.7 Å². The number of nitrogen functional groups attached to an aromatic ring is 1. The zero-order valence-corrected chi connectivity index (χ0v) is 9.31. The van der Waals surface area contributed by atoms with Gasteiger partial charge in [0.25, 0.3) is 0 Å².